The molecule has 0 bridgehead atoms. The summed E-state index contributed by atoms with van der Waals surface area (Å²) in [6.45, 7) is 2.15. The fraction of sp³-hybridized carbons (Fsp3) is 0.360. The van der Waals surface area contributed by atoms with Gasteiger partial charge in [0.2, 0.25) is 5.91 Å². The molecule has 1 aliphatic carbocycles. The van der Waals surface area contributed by atoms with Gasteiger partial charge in [-0.05, 0) is 60.9 Å². The lowest BCUT2D eigenvalue weighted by atomic mass is 9.81. The van der Waals surface area contributed by atoms with Gasteiger partial charge in [0.05, 0.1) is 6.54 Å². The van der Waals surface area contributed by atoms with Crippen molar-refractivity contribution in [2.45, 2.75) is 38.8 Å². The first-order chi connectivity index (χ1) is 15.7. The van der Waals surface area contributed by atoms with Gasteiger partial charge in [-0.3, -0.25) is 9.59 Å². The minimum absolute atomic E-state index is 0.0348. The largest absolute Gasteiger partial charge is 0.334 e. The van der Waals surface area contributed by atoms with Gasteiger partial charge in [-0.25, -0.2) is 9.67 Å². The highest BCUT2D eigenvalue weighted by Crippen LogP contribution is 2.32. The third-order valence-electron chi connectivity index (χ3n) is 6.62. The van der Waals surface area contributed by atoms with E-state index >= 15 is 0 Å². The van der Waals surface area contributed by atoms with Crippen LogP contribution >= 0.6 is 0 Å². The third-order valence-corrected chi connectivity index (χ3v) is 6.62. The van der Waals surface area contributed by atoms with Crippen molar-refractivity contribution in [1.82, 2.24) is 19.7 Å². The number of hydrogen-bond donors (Lipinski definition) is 1. The van der Waals surface area contributed by atoms with Gasteiger partial charge in [-0.1, -0.05) is 30.3 Å². The maximum Gasteiger partial charge on any atom is 0.254 e. The molecule has 7 heteroatoms. The van der Waals surface area contributed by atoms with Crippen LogP contribution in [-0.4, -0.2) is 38.0 Å². The van der Waals surface area contributed by atoms with Gasteiger partial charge in [-0.2, -0.15) is 5.10 Å². The van der Waals surface area contributed by atoms with E-state index in [1.54, 1.807) is 11.0 Å². The summed E-state index contributed by atoms with van der Waals surface area (Å²) >= 11 is 0. The first-order valence-electron chi connectivity index (χ1n) is 11.2. The second kappa shape index (κ2) is 8.94. The Labute approximate surface area is 187 Å². The molecule has 0 radical (unpaired) electrons. The van der Waals surface area contributed by atoms with Gasteiger partial charge < -0.3 is 10.2 Å². The average molecular weight is 430 g/mol. The summed E-state index contributed by atoms with van der Waals surface area (Å²) in [7, 11) is 0. The van der Waals surface area contributed by atoms with Gasteiger partial charge in [0.25, 0.3) is 5.91 Å². The zero-order chi connectivity index (χ0) is 21.9. The summed E-state index contributed by atoms with van der Waals surface area (Å²) in [5.74, 6) is 0.741. The lowest BCUT2D eigenvalue weighted by molar-refractivity contribution is -0.121. The van der Waals surface area contributed by atoms with E-state index in [0.717, 1.165) is 54.6 Å². The maximum absolute atomic E-state index is 12.8. The van der Waals surface area contributed by atoms with Crippen molar-refractivity contribution >= 4 is 17.5 Å². The highest BCUT2D eigenvalue weighted by molar-refractivity contribution is 5.98. The van der Waals surface area contributed by atoms with Crippen molar-refractivity contribution in [3.63, 3.8) is 0 Å². The van der Waals surface area contributed by atoms with Gasteiger partial charge >= 0.3 is 0 Å². The standard InChI is InChI=1S/C25H27N5O2/c31-24(28-22-11-7-19(8-12-22)14-30-17-26-16-27-30)20-9-5-18(6-10-20)13-29-15-21-3-1-2-4-23(21)25(29)32/h1-4,7-8,11-12,16-18,20H,5-6,9-10,13-15H2,(H,28,31). The van der Waals surface area contributed by atoms with Crippen LogP contribution in [0.4, 0.5) is 5.69 Å². The summed E-state index contributed by atoms with van der Waals surface area (Å²) in [6, 6.07) is 15.7. The van der Waals surface area contributed by atoms with E-state index in [1.165, 1.54) is 6.33 Å². The fourth-order valence-corrected chi connectivity index (χ4v) is 4.82. The molecule has 1 fully saturated rings. The Balaban J connectivity index is 1.09. The SMILES string of the molecule is O=C(Nc1ccc(Cn2cncn2)cc1)C1CCC(CN2Cc3ccccc3C2=O)CC1. The molecule has 1 aliphatic heterocycles. The highest BCUT2D eigenvalue weighted by atomic mass is 16.2. The predicted molar refractivity (Wildman–Crippen MR) is 121 cm³/mol. The van der Waals surface area contributed by atoms with Crippen molar-refractivity contribution < 1.29 is 9.59 Å². The zero-order valence-corrected chi connectivity index (χ0v) is 18.0. The average Bonchev–Trinajstić information content (AvgIpc) is 3.44. The summed E-state index contributed by atoms with van der Waals surface area (Å²) in [5, 5.41) is 7.18. The Bertz CT molecular complexity index is 1090. The van der Waals surface area contributed by atoms with Crippen LogP contribution in [0, 0.1) is 11.8 Å². The van der Waals surface area contributed by atoms with Crippen LogP contribution in [0.1, 0.15) is 47.2 Å². The minimum Gasteiger partial charge on any atom is -0.334 e. The van der Waals surface area contributed by atoms with E-state index in [0.29, 0.717) is 19.0 Å². The predicted octanol–water partition coefficient (Wildman–Crippen LogP) is 3.73. The van der Waals surface area contributed by atoms with Crippen LogP contribution in [0.2, 0.25) is 0 Å². The van der Waals surface area contributed by atoms with E-state index < -0.39 is 0 Å². The quantitative estimate of drug-likeness (QED) is 0.648. The zero-order valence-electron chi connectivity index (χ0n) is 18.0. The number of aromatic nitrogens is 3. The molecule has 0 spiro atoms. The molecule has 32 heavy (non-hydrogen) atoms. The molecule has 1 N–H and O–H groups in total. The van der Waals surface area contributed by atoms with Crippen molar-refractivity contribution in [2.24, 2.45) is 11.8 Å². The molecule has 2 aliphatic rings. The van der Waals surface area contributed by atoms with Crippen molar-refractivity contribution in [2.75, 3.05) is 11.9 Å². The van der Waals surface area contributed by atoms with Gasteiger partial charge in [0.15, 0.2) is 0 Å². The van der Waals surface area contributed by atoms with E-state index in [9.17, 15) is 9.59 Å². The molecule has 7 nitrogen and oxygen atoms in total. The molecule has 2 heterocycles. The van der Waals surface area contributed by atoms with Crippen LogP contribution in [0.15, 0.2) is 61.2 Å². The molecule has 2 aromatic carbocycles. The van der Waals surface area contributed by atoms with Gasteiger partial charge in [0, 0.05) is 30.3 Å². The highest BCUT2D eigenvalue weighted by Gasteiger charge is 2.32. The Morgan fingerprint density at radius 3 is 2.53 bits per heavy atom. The molecule has 0 atom stereocenters. The second-order valence-corrected chi connectivity index (χ2v) is 8.84. The topological polar surface area (TPSA) is 80.1 Å². The van der Waals surface area contributed by atoms with E-state index in [4.69, 9.17) is 0 Å². The van der Waals surface area contributed by atoms with Crippen molar-refractivity contribution in [3.8, 4) is 0 Å². The first-order valence-corrected chi connectivity index (χ1v) is 11.2. The van der Waals surface area contributed by atoms with E-state index in [2.05, 4.69) is 15.4 Å². The maximum atomic E-state index is 12.8. The molecule has 0 saturated heterocycles. The number of anilines is 1. The number of benzene rings is 2. The van der Waals surface area contributed by atoms with Crippen molar-refractivity contribution in [3.05, 3.63) is 77.9 Å². The van der Waals surface area contributed by atoms with Gasteiger partial charge in [0.1, 0.15) is 12.7 Å². The van der Waals surface area contributed by atoms with Gasteiger partial charge in [-0.15, -0.1) is 0 Å². The number of fused-ring (bicyclic) bond motifs is 1. The number of hydrogen-bond acceptors (Lipinski definition) is 4. The number of rotatable bonds is 6. The normalized spacial score (nSPS) is 20.2. The van der Waals surface area contributed by atoms with Crippen LogP contribution in [-0.2, 0) is 17.9 Å². The Hall–Kier alpha value is -3.48. The number of nitrogens with zero attached hydrogens (tertiary/aromatic N) is 4. The third kappa shape index (κ3) is 4.42. The van der Waals surface area contributed by atoms with Crippen LogP contribution in [0.5, 0.6) is 0 Å². The molecule has 1 saturated carbocycles. The smallest absolute Gasteiger partial charge is 0.254 e. The number of carbonyl (C=O) groups is 2. The van der Waals surface area contributed by atoms with Crippen LogP contribution < -0.4 is 5.32 Å². The lowest BCUT2D eigenvalue weighted by Crippen LogP contribution is -2.34. The van der Waals surface area contributed by atoms with Crippen LogP contribution in [0.25, 0.3) is 0 Å². The summed E-state index contributed by atoms with van der Waals surface area (Å²) < 4.78 is 1.76. The molecular weight excluding hydrogens is 402 g/mol. The Morgan fingerprint density at radius 1 is 1.03 bits per heavy atom. The molecule has 1 aromatic heterocycles. The fourth-order valence-electron chi connectivity index (χ4n) is 4.82. The Morgan fingerprint density at radius 2 is 1.81 bits per heavy atom. The molecule has 3 aromatic rings. The van der Waals surface area contributed by atoms with E-state index in [-0.39, 0.29) is 17.7 Å². The molecule has 5 rings (SSSR count). The van der Waals surface area contributed by atoms with Crippen molar-refractivity contribution in [1.29, 1.82) is 0 Å². The number of amides is 2. The molecule has 2 amide bonds. The second-order valence-electron chi connectivity index (χ2n) is 8.84. The molecule has 0 unspecified atom stereocenters. The summed E-state index contributed by atoms with van der Waals surface area (Å²) in [5.41, 5.74) is 3.89. The lowest BCUT2D eigenvalue weighted by Gasteiger charge is -2.30. The molecule has 164 valence electrons. The van der Waals surface area contributed by atoms with E-state index in [1.807, 2.05) is 53.4 Å². The molecular formula is C25H27N5O2. The summed E-state index contributed by atoms with van der Waals surface area (Å²) in [4.78, 5) is 31.3. The number of nitrogens with one attached hydrogen (secondary N) is 1. The summed E-state index contributed by atoms with van der Waals surface area (Å²) in [6.07, 6.45) is 6.91. The monoisotopic (exact) mass is 429 g/mol. The Kier molecular flexibility index (Phi) is 5.71. The van der Waals surface area contributed by atoms with Crippen LogP contribution in [0.3, 0.4) is 0 Å². The first kappa shape index (κ1) is 20.4. The minimum atomic E-state index is 0.0348. The number of carbonyl (C=O) groups excluding carboxylic acids is 2.